The molecule has 0 saturated heterocycles. The van der Waals surface area contributed by atoms with Gasteiger partial charge in [0.25, 0.3) is 0 Å². The zero-order chi connectivity index (χ0) is 12.1. The number of carboxylic acids is 1. The fraction of sp³-hybridized carbons (Fsp3) is 0.333. The van der Waals surface area contributed by atoms with E-state index in [9.17, 15) is 4.79 Å². The smallest absolute Gasteiger partial charge is 0.337 e. The second-order valence-corrected chi connectivity index (χ2v) is 3.48. The molecule has 0 bridgehead atoms. The molecule has 0 radical (unpaired) electrons. The Hall–Kier alpha value is -2.02. The van der Waals surface area contributed by atoms with Gasteiger partial charge in [-0.3, -0.25) is 0 Å². The first-order valence-electron chi connectivity index (χ1n) is 4.91. The van der Waals surface area contributed by atoms with Crippen molar-refractivity contribution in [2.75, 3.05) is 18.5 Å². The summed E-state index contributed by atoms with van der Waals surface area (Å²) in [5.74, 6) is 2.33. The number of rotatable bonds is 4. The predicted octanol–water partition coefficient (Wildman–Crippen LogP) is 1.55. The molecule has 4 heteroatoms. The summed E-state index contributed by atoms with van der Waals surface area (Å²) in [7, 11) is 1.87. The van der Waals surface area contributed by atoms with Gasteiger partial charge in [0.2, 0.25) is 0 Å². The highest BCUT2D eigenvalue weighted by Gasteiger charge is 2.10. The molecule has 0 aliphatic carbocycles. The molecule has 1 aromatic heterocycles. The van der Waals surface area contributed by atoms with Crippen LogP contribution in [0.2, 0.25) is 0 Å². The van der Waals surface area contributed by atoms with Crippen molar-refractivity contribution in [1.29, 1.82) is 0 Å². The zero-order valence-corrected chi connectivity index (χ0v) is 9.40. The van der Waals surface area contributed by atoms with Gasteiger partial charge in [-0.15, -0.1) is 12.3 Å². The maximum Gasteiger partial charge on any atom is 0.337 e. The number of anilines is 1. The SMILES string of the molecule is C#CCCN(C)c1ccc(C(=O)O)c(C)n1. The van der Waals surface area contributed by atoms with Crippen LogP contribution in [0.5, 0.6) is 0 Å². The van der Waals surface area contributed by atoms with Crippen molar-refractivity contribution in [2.24, 2.45) is 0 Å². The molecule has 1 rings (SSSR count). The number of pyridine rings is 1. The number of nitrogens with zero attached hydrogens (tertiary/aromatic N) is 2. The lowest BCUT2D eigenvalue weighted by atomic mass is 10.2. The highest BCUT2D eigenvalue weighted by atomic mass is 16.4. The summed E-state index contributed by atoms with van der Waals surface area (Å²) < 4.78 is 0. The van der Waals surface area contributed by atoms with Gasteiger partial charge in [0.15, 0.2) is 0 Å². The zero-order valence-electron chi connectivity index (χ0n) is 9.40. The minimum absolute atomic E-state index is 0.231. The van der Waals surface area contributed by atoms with Crippen LogP contribution in [0.3, 0.4) is 0 Å². The number of aryl methyl sites for hydroxylation is 1. The summed E-state index contributed by atoms with van der Waals surface area (Å²) in [6.07, 6.45) is 5.81. The molecule has 0 amide bonds. The molecule has 1 aromatic rings. The van der Waals surface area contributed by atoms with Gasteiger partial charge in [0.1, 0.15) is 5.82 Å². The fourth-order valence-corrected chi connectivity index (χ4v) is 1.33. The van der Waals surface area contributed by atoms with Crippen LogP contribution in [0.15, 0.2) is 12.1 Å². The summed E-state index contributed by atoms with van der Waals surface area (Å²) in [6.45, 7) is 2.39. The van der Waals surface area contributed by atoms with E-state index in [-0.39, 0.29) is 5.56 Å². The Morgan fingerprint density at radius 1 is 1.62 bits per heavy atom. The minimum atomic E-state index is -0.956. The average molecular weight is 218 g/mol. The highest BCUT2D eigenvalue weighted by molar-refractivity contribution is 5.89. The molecule has 16 heavy (non-hydrogen) atoms. The van der Waals surface area contributed by atoms with Gasteiger partial charge in [0.05, 0.1) is 11.3 Å². The molecule has 0 fully saturated rings. The maximum atomic E-state index is 10.8. The molecule has 1 heterocycles. The fourth-order valence-electron chi connectivity index (χ4n) is 1.33. The number of hydrogen-bond acceptors (Lipinski definition) is 3. The lowest BCUT2D eigenvalue weighted by molar-refractivity contribution is 0.0695. The standard InChI is InChI=1S/C12H14N2O2/c1-4-5-8-14(3)11-7-6-10(12(15)16)9(2)13-11/h1,6-7H,5,8H2,2-3H3,(H,15,16). The van der Waals surface area contributed by atoms with Crippen LogP contribution in [-0.2, 0) is 0 Å². The second-order valence-electron chi connectivity index (χ2n) is 3.48. The van der Waals surface area contributed by atoms with Crippen molar-refractivity contribution in [3.8, 4) is 12.3 Å². The molecule has 0 saturated carbocycles. The Labute approximate surface area is 94.9 Å². The largest absolute Gasteiger partial charge is 0.478 e. The molecule has 0 spiro atoms. The monoisotopic (exact) mass is 218 g/mol. The van der Waals surface area contributed by atoms with Gasteiger partial charge in [0, 0.05) is 20.0 Å². The first kappa shape index (κ1) is 12.1. The molecule has 0 aromatic carbocycles. The van der Waals surface area contributed by atoms with Crippen LogP contribution >= 0.6 is 0 Å². The van der Waals surface area contributed by atoms with E-state index in [4.69, 9.17) is 11.5 Å². The van der Waals surface area contributed by atoms with Crippen molar-refractivity contribution < 1.29 is 9.90 Å². The molecule has 0 unspecified atom stereocenters. The van der Waals surface area contributed by atoms with E-state index < -0.39 is 5.97 Å². The quantitative estimate of drug-likeness (QED) is 0.779. The first-order chi connectivity index (χ1) is 7.56. The van der Waals surface area contributed by atoms with Crippen molar-refractivity contribution in [3.05, 3.63) is 23.4 Å². The predicted molar refractivity (Wildman–Crippen MR) is 62.7 cm³/mol. The second kappa shape index (κ2) is 5.17. The Morgan fingerprint density at radius 2 is 2.31 bits per heavy atom. The third-order valence-corrected chi connectivity index (χ3v) is 2.28. The topological polar surface area (TPSA) is 53.4 Å². The molecule has 4 nitrogen and oxygen atoms in total. The van der Waals surface area contributed by atoms with Crippen molar-refractivity contribution in [3.63, 3.8) is 0 Å². The van der Waals surface area contributed by atoms with Crippen LogP contribution < -0.4 is 4.90 Å². The number of aromatic nitrogens is 1. The number of carboxylic acid groups (broad SMARTS) is 1. The van der Waals surface area contributed by atoms with Gasteiger partial charge in [-0.05, 0) is 19.1 Å². The Morgan fingerprint density at radius 3 is 2.81 bits per heavy atom. The normalized spacial score (nSPS) is 9.56. The van der Waals surface area contributed by atoms with Gasteiger partial charge in [-0.25, -0.2) is 9.78 Å². The third kappa shape index (κ3) is 2.74. The number of terminal acetylenes is 1. The van der Waals surface area contributed by atoms with Crippen LogP contribution in [-0.4, -0.2) is 29.7 Å². The summed E-state index contributed by atoms with van der Waals surface area (Å²) >= 11 is 0. The van der Waals surface area contributed by atoms with E-state index in [1.54, 1.807) is 19.1 Å². The lowest BCUT2D eigenvalue weighted by Gasteiger charge is -2.17. The molecule has 0 aliphatic rings. The molecule has 1 N–H and O–H groups in total. The van der Waals surface area contributed by atoms with E-state index >= 15 is 0 Å². The first-order valence-corrected chi connectivity index (χ1v) is 4.91. The molecule has 0 atom stereocenters. The van der Waals surface area contributed by atoms with Crippen molar-refractivity contribution in [1.82, 2.24) is 4.98 Å². The molecule has 0 aliphatic heterocycles. The average Bonchev–Trinajstić information content (AvgIpc) is 2.25. The molecular formula is C12H14N2O2. The van der Waals surface area contributed by atoms with Gasteiger partial charge >= 0.3 is 5.97 Å². The minimum Gasteiger partial charge on any atom is -0.478 e. The van der Waals surface area contributed by atoms with Crippen molar-refractivity contribution in [2.45, 2.75) is 13.3 Å². The van der Waals surface area contributed by atoms with E-state index in [0.717, 1.165) is 5.82 Å². The summed E-state index contributed by atoms with van der Waals surface area (Å²) in [6, 6.07) is 3.25. The number of hydrogen-bond donors (Lipinski definition) is 1. The molecular weight excluding hydrogens is 204 g/mol. The Balaban J connectivity index is 2.89. The summed E-state index contributed by atoms with van der Waals surface area (Å²) in [5.41, 5.74) is 0.742. The van der Waals surface area contributed by atoms with Crippen LogP contribution in [0.1, 0.15) is 22.5 Å². The van der Waals surface area contributed by atoms with Crippen molar-refractivity contribution >= 4 is 11.8 Å². The Bertz CT molecular complexity index is 435. The number of aromatic carboxylic acids is 1. The van der Waals surface area contributed by atoms with Crippen LogP contribution in [0, 0.1) is 19.3 Å². The van der Waals surface area contributed by atoms with E-state index in [0.29, 0.717) is 18.7 Å². The maximum absolute atomic E-state index is 10.8. The van der Waals surface area contributed by atoms with Gasteiger partial charge in [-0.1, -0.05) is 0 Å². The lowest BCUT2D eigenvalue weighted by Crippen LogP contribution is -2.20. The van der Waals surface area contributed by atoms with Crippen LogP contribution in [0.25, 0.3) is 0 Å². The van der Waals surface area contributed by atoms with Gasteiger partial charge < -0.3 is 10.0 Å². The van der Waals surface area contributed by atoms with Crippen LogP contribution in [0.4, 0.5) is 5.82 Å². The Kier molecular flexibility index (Phi) is 3.90. The number of carbonyl (C=O) groups is 1. The summed E-state index contributed by atoms with van der Waals surface area (Å²) in [5, 5.41) is 8.86. The summed E-state index contributed by atoms with van der Waals surface area (Å²) in [4.78, 5) is 16.9. The van der Waals surface area contributed by atoms with E-state index in [2.05, 4.69) is 10.9 Å². The highest BCUT2D eigenvalue weighted by Crippen LogP contribution is 2.13. The van der Waals surface area contributed by atoms with E-state index in [1.165, 1.54) is 0 Å². The van der Waals surface area contributed by atoms with Gasteiger partial charge in [-0.2, -0.15) is 0 Å². The van der Waals surface area contributed by atoms with E-state index in [1.807, 2.05) is 11.9 Å². The molecule has 84 valence electrons. The third-order valence-electron chi connectivity index (χ3n) is 2.28.